The topological polar surface area (TPSA) is 73.4 Å². The standard InChI is InChI=1S/C27H30F2N6OS/c28-27(29)7-13-34(14-8-27)10-6-25(36)35-11-4-18(5-12-35)23-16-20-21(3-9-30-26(20)33-23)32-19-1-2-22-24(15-19)37-17-31-22/h1-4,9,15,17,23H,5-8,10-14,16H2,(H2,30,32,33). The average molecular weight is 525 g/mol. The van der Waals surface area contributed by atoms with E-state index in [2.05, 4.69) is 32.7 Å². The van der Waals surface area contributed by atoms with Crippen molar-refractivity contribution in [3.63, 3.8) is 0 Å². The minimum atomic E-state index is -2.55. The highest BCUT2D eigenvalue weighted by molar-refractivity contribution is 7.16. The maximum atomic E-state index is 13.4. The number of piperidine rings is 1. The first kappa shape index (κ1) is 24.2. The van der Waals surface area contributed by atoms with Crippen LogP contribution in [0.5, 0.6) is 0 Å². The second-order valence-electron chi connectivity index (χ2n) is 10.1. The fourth-order valence-corrected chi connectivity index (χ4v) is 6.13. The molecule has 1 unspecified atom stereocenters. The Morgan fingerprint density at radius 3 is 2.86 bits per heavy atom. The minimum absolute atomic E-state index is 0.0985. The monoisotopic (exact) mass is 524 g/mol. The summed E-state index contributed by atoms with van der Waals surface area (Å²) in [6.45, 7) is 2.56. The van der Waals surface area contributed by atoms with Crippen molar-refractivity contribution in [2.45, 2.75) is 44.1 Å². The minimum Gasteiger partial charge on any atom is -0.363 e. The second kappa shape index (κ2) is 9.98. The van der Waals surface area contributed by atoms with Crippen LogP contribution in [0, 0.1) is 0 Å². The first-order valence-corrected chi connectivity index (χ1v) is 13.7. The number of nitrogens with zero attached hydrogens (tertiary/aromatic N) is 4. The molecule has 0 radical (unpaired) electrons. The number of benzene rings is 1. The molecule has 7 nitrogen and oxygen atoms in total. The van der Waals surface area contributed by atoms with Crippen LogP contribution < -0.4 is 10.6 Å². The number of rotatable bonds is 6. The number of hydrogen-bond donors (Lipinski definition) is 2. The maximum Gasteiger partial charge on any atom is 0.250 e. The summed E-state index contributed by atoms with van der Waals surface area (Å²) < 4.78 is 27.9. The molecule has 3 aliphatic rings. The van der Waals surface area contributed by atoms with Crippen molar-refractivity contribution in [1.29, 1.82) is 0 Å². The van der Waals surface area contributed by atoms with Gasteiger partial charge in [0.15, 0.2) is 0 Å². The van der Waals surface area contributed by atoms with Crippen LogP contribution in [0.15, 0.2) is 47.6 Å². The zero-order chi connectivity index (χ0) is 25.4. The number of pyridine rings is 1. The second-order valence-corrected chi connectivity index (χ2v) is 10.9. The molecule has 1 fully saturated rings. The summed E-state index contributed by atoms with van der Waals surface area (Å²) in [5, 5.41) is 7.13. The van der Waals surface area contributed by atoms with Crippen LogP contribution in [0.1, 0.15) is 31.2 Å². The summed E-state index contributed by atoms with van der Waals surface area (Å²) in [5.41, 5.74) is 7.41. The molecule has 1 amide bonds. The van der Waals surface area contributed by atoms with Gasteiger partial charge in [-0.1, -0.05) is 6.08 Å². The van der Waals surface area contributed by atoms with E-state index in [-0.39, 0.29) is 24.8 Å². The Kier molecular flexibility index (Phi) is 6.54. The third-order valence-electron chi connectivity index (χ3n) is 7.66. The average Bonchev–Trinajstić information content (AvgIpc) is 3.55. The van der Waals surface area contributed by atoms with Crippen LogP contribution >= 0.6 is 11.3 Å². The molecule has 1 atom stereocenters. The molecule has 194 valence electrons. The van der Waals surface area contributed by atoms with Gasteiger partial charge in [-0.3, -0.25) is 4.79 Å². The van der Waals surface area contributed by atoms with E-state index in [9.17, 15) is 13.6 Å². The van der Waals surface area contributed by atoms with E-state index in [4.69, 9.17) is 0 Å². The van der Waals surface area contributed by atoms with E-state index in [0.29, 0.717) is 39.1 Å². The zero-order valence-corrected chi connectivity index (χ0v) is 21.4. The van der Waals surface area contributed by atoms with Gasteiger partial charge in [0, 0.05) is 81.5 Å². The van der Waals surface area contributed by atoms with Gasteiger partial charge in [0.05, 0.1) is 21.8 Å². The molecular formula is C27H30F2N6OS. The summed E-state index contributed by atoms with van der Waals surface area (Å²) in [6, 6.07) is 8.38. The molecule has 0 aliphatic carbocycles. The molecular weight excluding hydrogens is 494 g/mol. The van der Waals surface area contributed by atoms with E-state index in [1.807, 2.05) is 39.7 Å². The molecule has 3 aromatic rings. The number of alkyl halides is 2. The van der Waals surface area contributed by atoms with E-state index in [1.54, 1.807) is 11.3 Å². The number of nitrogens with one attached hydrogen (secondary N) is 2. The van der Waals surface area contributed by atoms with Crippen molar-refractivity contribution >= 4 is 44.7 Å². The number of amides is 1. The molecule has 37 heavy (non-hydrogen) atoms. The maximum absolute atomic E-state index is 13.4. The molecule has 1 saturated heterocycles. The van der Waals surface area contributed by atoms with E-state index < -0.39 is 5.92 Å². The highest BCUT2D eigenvalue weighted by Crippen LogP contribution is 2.36. The number of aromatic nitrogens is 2. The smallest absolute Gasteiger partial charge is 0.250 e. The van der Waals surface area contributed by atoms with Crippen molar-refractivity contribution in [3.05, 3.63) is 53.2 Å². The van der Waals surface area contributed by atoms with Crippen LogP contribution in [-0.4, -0.2) is 70.4 Å². The van der Waals surface area contributed by atoms with E-state index >= 15 is 0 Å². The molecule has 0 saturated carbocycles. The van der Waals surface area contributed by atoms with Crippen LogP contribution in [0.25, 0.3) is 10.2 Å². The number of carbonyl (C=O) groups is 1. The molecule has 0 spiro atoms. The molecule has 3 aliphatic heterocycles. The zero-order valence-electron chi connectivity index (χ0n) is 20.6. The van der Waals surface area contributed by atoms with Crippen molar-refractivity contribution in [3.8, 4) is 0 Å². The summed E-state index contributed by atoms with van der Waals surface area (Å²) in [5.74, 6) is -1.55. The van der Waals surface area contributed by atoms with Crippen LogP contribution in [0.2, 0.25) is 0 Å². The largest absolute Gasteiger partial charge is 0.363 e. The van der Waals surface area contributed by atoms with Crippen LogP contribution in [0.3, 0.4) is 0 Å². The van der Waals surface area contributed by atoms with Gasteiger partial charge in [-0.05, 0) is 36.3 Å². The summed E-state index contributed by atoms with van der Waals surface area (Å²) in [6.07, 6.45) is 5.81. The van der Waals surface area contributed by atoms with Gasteiger partial charge < -0.3 is 20.4 Å². The van der Waals surface area contributed by atoms with Gasteiger partial charge in [-0.25, -0.2) is 18.7 Å². The van der Waals surface area contributed by atoms with Gasteiger partial charge in [-0.15, -0.1) is 11.3 Å². The number of likely N-dealkylation sites (tertiary alicyclic amines) is 1. The van der Waals surface area contributed by atoms with Crippen molar-refractivity contribution < 1.29 is 13.6 Å². The first-order valence-electron chi connectivity index (χ1n) is 12.9. The van der Waals surface area contributed by atoms with Crippen molar-refractivity contribution in [1.82, 2.24) is 19.8 Å². The van der Waals surface area contributed by atoms with Crippen LogP contribution in [-0.2, 0) is 11.2 Å². The third-order valence-corrected chi connectivity index (χ3v) is 8.45. The predicted molar refractivity (Wildman–Crippen MR) is 143 cm³/mol. The SMILES string of the molecule is O=C(CCN1CCC(F)(F)CC1)N1CC=C(C2Cc3c(Nc4ccc5ncsc5c4)ccnc3N2)CC1. The number of fused-ring (bicyclic) bond motifs is 2. The lowest BCUT2D eigenvalue weighted by Crippen LogP contribution is -2.42. The molecule has 0 bridgehead atoms. The molecule has 1 aromatic carbocycles. The Labute approximate surface area is 218 Å². The van der Waals surface area contributed by atoms with Gasteiger partial charge >= 0.3 is 0 Å². The number of carbonyl (C=O) groups excluding carboxylic acids is 1. The Morgan fingerprint density at radius 2 is 2.05 bits per heavy atom. The van der Waals surface area contributed by atoms with Gasteiger partial charge in [0.1, 0.15) is 5.82 Å². The fraction of sp³-hybridized carbons (Fsp3) is 0.444. The van der Waals surface area contributed by atoms with E-state index in [1.165, 1.54) is 11.1 Å². The van der Waals surface area contributed by atoms with Gasteiger partial charge in [0.2, 0.25) is 5.91 Å². The van der Waals surface area contributed by atoms with Crippen LogP contribution in [0.4, 0.5) is 26.0 Å². The highest BCUT2D eigenvalue weighted by atomic mass is 32.1. The molecule has 6 rings (SSSR count). The predicted octanol–water partition coefficient (Wildman–Crippen LogP) is 5.05. The number of anilines is 3. The van der Waals surface area contributed by atoms with Gasteiger partial charge in [-0.2, -0.15) is 0 Å². The van der Waals surface area contributed by atoms with Crippen molar-refractivity contribution in [2.24, 2.45) is 0 Å². The lowest BCUT2D eigenvalue weighted by Gasteiger charge is -2.33. The van der Waals surface area contributed by atoms with E-state index in [0.717, 1.165) is 40.3 Å². The molecule has 10 heteroatoms. The Bertz CT molecular complexity index is 1330. The quantitative estimate of drug-likeness (QED) is 0.440. The first-order chi connectivity index (χ1) is 17.9. The Morgan fingerprint density at radius 1 is 1.19 bits per heavy atom. The fourth-order valence-electron chi connectivity index (χ4n) is 5.42. The van der Waals surface area contributed by atoms with Crippen molar-refractivity contribution in [2.75, 3.05) is 43.4 Å². The highest BCUT2D eigenvalue weighted by Gasteiger charge is 2.34. The lowest BCUT2D eigenvalue weighted by atomic mass is 9.97. The van der Waals surface area contributed by atoms with Gasteiger partial charge in [0.25, 0.3) is 5.92 Å². The number of halogens is 2. The summed E-state index contributed by atoms with van der Waals surface area (Å²) in [4.78, 5) is 25.5. The third kappa shape index (κ3) is 5.31. The lowest BCUT2D eigenvalue weighted by molar-refractivity contribution is -0.131. The molecule has 2 aromatic heterocycles. The summed E-state index contributed by atoms with van der Waals surface area (Å²) >= 11 is 1.63. The summed E-state index contributed by atoms with van der Waals surface area (Å²) in [7, 11) is 0. The normalized spacial score (nSPS) is 21.4. The number of hydrogen-bond acceptors (Lipinski definition) is 7. The Balaban J connectivity index is 1.04. The molecule has 2 N–H and O–H groups in total. The Hall–Kier alpha value is -3.11. The number of thiazole rings is 1. The molecule has 5 heterocycles.